The third-order valence-corrected chi connectivity index (χ3v) is 1.45. The summed E-state index contributed by atoms with van der Waals surface area (Å²) in [6, 6.07) is 1.65. The summed E-state index contributed by atoms with van der Waals surface area (Å²) in [6.45, 7) is -1.51. The van der Waals surface area contributed by atoms with Crippen molar-refractivity contribution in [3.63, 3.8) is 0 Å². The lowest BCUT2D eigenvalue weighted by Gasteiger charge is -2.11. The second-order valence-electron chi connectivity index (χ2n) is 2.58. The van der Waals surface area contributed by atoms with E-state index in [2.05, 4.69) is 14.7 Å². The zero-order chi connectivity index (χ0) is 12.2. The van der Waals surface area contributed by atoms with Crippen LogP contribution in [0.5, 0.6) is 11.6 Å². The van der Waals surface area contributed by atoms with E-state index in [0.29, 0.717) is 0 Å². The van der Waals surface area contributed by atoms with Gasteiger partial charge in [0.1, 0.15) is 12.4 Å². The van der Waals surface area contributed by atoms with Crippen molar-refractivity contribution in [2.45, 2.75) is 6.18 Å². The van der Waals surface area contributed by atoms with Crippen LogP contribution in [-0.4, -0.2) is 29.9 Å². The molecule has 0 saturated heterocycles. The third kappa shape index (κ3) is 2.98. The van der Waals surface area contributed by atoms with Gasteiger partial charge < -0.3 is 9.47 Å². The highest BCUT2D eigenvalue weighted by Gasteiger charge is 2.29. The molecule has 0 aliphatic heterocycles. The molecule has 16 heavy (non-hydrogen) atoms. The molecule has 0 saturated carbocycles. The Morgan fingerprint density at radius 1 is 1.44 bits per heavy atom. The first-order valence-electron chi connectivity index (χ1n) is 3.96. The molecule has 0 atom stereocenters. The lowest BCUT2D eigenvalue weighted by molar-refractivity contribution is -0.154. The second kappa shape index (κ2) is 4.65. The van der Waals surface area contributed by atoms with Crippen molar-refractivity contribution in [3.8, 4) is 17.7 Å². The molecule has 0 bridgehead atoms. The Bertz CT molecular complexity index is 414. The maximum absolute atomic E-state index is 11.9. The van der Waals surface area contributed by atoms with Gasteiger partial charge in [0, 0.05) is 0 Å². The molecule has 0 N–H and O–H groups in total. The number of nitrogens with zero attached hydrogens (tertiary/aromatic N) is 3. The van der Waals surface area contributed by atoms with E-state index < -0.39 is 18.7 Å². The molecule has 0 aliphatic rings. The molecule has 1 rings (SSSR count). The molecular formula is C8H6F3N3O2. The van der Waals surface area contributed by atoms with Crippen LogP contribution >= 0.6 is 0 Å². The highest BCUT2D eigenvalue weighted by atomic mass is 19.4. The largest absolute Gasteiger partial charge is 0.489 e. The summed E-state index contributed by atoms with van der Waals surface area (Å²) in [7, 11) is 1.18. The van der Waals surface area contributed by atoms with Crippen molar-refractivity contribution in [1.82, 2.24) is 9.97 Å². The Kier molecular flexibility index (Phi) is 3.50. The number of ether oxygens (including phenoxy) is 2. The summed E-state index contributed by atoms with van der Waals surface area (Å²) in [5, 5.41) is 8.60. The number of methoxy groups -OCH3 is 1. The molecule has 0 unspecified atom stereocenters. The van der Waals surface area contributed by atoms with Crippen molar-refractivity contribution in [2.75, 3.05) is 13.7 Å². The molecule has 0 radical (unpaired) electrons. The van der Waals surface area contributed by atoms with Gasteiger partial charge in [-0.2, -0.15) is 23.4 Å². The van der Waals surface area contributed by atoms with Crippen LogP contribution in [0.2, 0.25) is 0 Å². The van der Waals surface area contributed by atoms with Crippen LogP contribution in [0.4, 0.5) is 13.2 Å². The van der Waals surface area contributed by atoms with Crippen LogP contribution in [0.25, 0.3) is 0 Å². The molecule has 0 aliphatic carbocycles. The fourth-order valence-corrected chi connectivity index (χ4v) is 0.874. The monoisotopic (exact) mass is 233 g/mol. The highest BCUT2D eigenvalue weighted by molar-refractivity contribution is 5.43. The maximum Gasteiger partial charge on any atom is 0.422 e. The number of rotatable bonds is 3. The SMILES string of the molecule is COc1c(C#N)ncnc1OCC(F)(F)F. The maximum atomic E-state index is 11.9. The van der Waals surface area contributed by atoms with E-state index in [4.69, 9.17) is 10.00 Å². The van der Waals surface area contributed by atoms with Crippen LogP contribution in [0.1, 0.15) is 5.69 Å². The van der Waals surface area contributed by atoms with Gasteiger partial charge in [0.2, 0.25) is 5.75 Å². The van der Waals surface area contributed by atoms with E-state index in [0.717, 1.165) is 6.33 Å². The Labute approximate surface area is 88.4 Å². The summed E-state index contributed by atoms with van der Waals surface area (Å²) in [5.74, 6) is -0.624. The van der Waals surface area contributed by atoms with E-state index in [1.54, 1.807) is 6.07 Å². The lowest BCUT2D eigenvalue weighted by Crippen LogP contribution is -2.20. The number of hydrogen-bond acceptors (Lipinski definition) is 5. The van der Waals surface area contributed by atoms with Gasteiger partial charge in [-0.3, -0.25) is 0 Å². The fourth-order valence-electron chi connectivity index (χ4n) is 0.874. The van der Waals surface area contributed by atoms with Crippen LogP contribution in [0.15, 0.2) is 6.33 Å². The molecule has 0 aromatic carbocycles. The van der Waals surface area contributed by atoms with E-state index in [1.165, 1.54) is 7.11 Å². The molecule has 86 valence electrons. The van der Waals surface area contributed by atoms with Crippen molar-refractivity contribution in [2.24, 2.45) is 0 Å². The van der Waals surface area contributed by atoms with Crippen molar-refractivity contribution < 1.29 is 22.6 Å². The molecule has 1 aromatic rings. The number of halogens is 3. The molecule has 1 aromatic heterocycles. The first kappa shape index (κ1) is 12.0. The fraction of sp³-hybridized carbons (Fsp3) is 0.375. The van der Waals surface area contributed by atoms with Crippen LogP contribution < -0.4 is 9.47 Å². The average Bonchev–Trinajstić information content (AvgIpc) is 2.24. The minimum absolute atomic E-state index is 0.185. The van der Waals surface area contributed by atoms with Gasteiger partial charge in [-0.25, -0.2) is 4.98 Å². The predicted octanol–water partition coefficient (Wildman–Crippen LogP) is 1.30. The zero-order valence-electron chi connectivity index (χ0n) is 8.08. The van der Waals surface area contributed by atoms with Gasteiger partial charge in [-0.05, 0) is 0 Å². The molecule has 5 nitrogen and oxygen atoms in total. The molecule has 1 heterocycles. The molecule has 8 heteroatoms. The van der Waals surface area contributed by atoms with Gasteiger partial charge >= 0.3 is 6.18 Å². The number of aromatic nitrogens is 2. The van der Waals surface area contributed by atoms with E-state index >= 15 is 0 Å². The van der Waals surface area contributed by atoms with Crippen molar-refractivity contribution in [1.29, 1.82) is 5.26 Å². The first-order valence-corrected chi connectivity index (χ1v) is 3.96. The highest BCUT2D eigenvalue weighted by Crippen LogP contribution is 2.27. The Morgan fingerprint density at radius 3 is 2.62 bits per heavy atom. The third-order valence-electron chi connectivity index (χ3n) is 1.45. The summed E-state index contributed by atoms with van der Waals surface area (Å²) in [6.07, 6.45) is -3.56. The number of alkyl halides is 3. The molecule has 0 spiro atoms. The summed E-state index contributed by atoms with van der Waals surface area (Å²) >= 11 is 0. The normalized spacial score (nSPS) is 10.7. The number of hydrogen-bond donors (Lipinski definition) is 0. The van der Waals surface area contributed by atoms with Gasteiger partial charge in [-0.15, -0.1) is 0 Å². The van der Waals surface area contributed by atoms with Crippen LogP contribution in [0.3, 0.4) is 0 Å². The van der Waals surface area contributed by atoms with Gasteiger partial charge in [0.25, 0.3) is 5.88 Å². The predicted molar refractivity (Wildman–Crippen MR) is 44.8 cm³/mol. The quantitative estimate of drug-likeness (QED) is 0.787. The molecular weight excluding hydrogens is 227 g/mol. The standard InChI is InChI=1S/C8H6F3N3O2/c1-15-6-5(2-12)13-4-14-7(6)16-3-8(9,10)11/h4H,3H2,1H3. The Balaban J connectivity index is 2.92. The zero-order valence-corrected chi connectivity index (χ0v) is 8.08. The molecule has 0 fully saturated rings. The summed E-state index contributed by atoms with van der Waals surface area (Å²) in [5.41, 5.74) is -0.185. The first-order chi connectivity index (χ1) is 7.48. The Hall–Kier alpha value is -2.04. The summed E-state index contributed by atoms with van der Waals surface area (Å²) < 4.78 is 44.7. The van der Waals surface area contributed by atoms with E-state index in [9.17, 15) is 13.2 Å². The smallest absolute Gasteiger partial charge is 0.422 e. The van der Waals surface area contributed by atoms with Crippen LogP contribution in [0, 0.1) is 11.3 Å². The van der Waals surface area contributed by atoms with E-state index in [-0.39, 0.29) is 11.4 Å². The van der Waals surface area contributed by atoms with Crippen molar-refractivity contribution in [3.05, 3.63) is 12.0 Å². The summed E-state index contributed by atoms with van der Waals surface area (Å²) in [4.78, 5) is 6.97. The topological polar surface area (TPSA) is 68.0 Å². The minimum atomic E-state index is -4.48. The molecule has 0 amide bonds. The van der Waals surface area contributed by atoms with Gasteiger partial charge in [-0.1, -0.05) is 0 Å². The second-order valence-corrected chi connectivity index (χ2v) is 2.58. The average molecular weight is 233 g/mol. The lowest BCUT2D eigenvalue weighted by atomic mass is 10.4. The minimum Gasteiger partial charge on any atom is -0.489 e. The van der Waals surface area contributed by atoms with Crippen molar-refractivity contribution >= 4 is 0 Å². The van der Waals surface area contributed by atoms with Gasteiger partial charge in [0.05, 0.1) is 7.11 Å². The van der Waals surface area contributed by atoms with E-state index in [1.807, 2.05) is 0 Å². The Morgan fingerprint density at radius 2 is 2.12 bits per heavy atom. The number of nitriles is 1. The van der Waals surface area contributed by atoms with Crippen LogP contribution in [-0.2, 0) is 0 Å². The van der Waals surface area contributed by atoms with Gasteiger partial charge in [0.15, 0.2) is 12.3 Å².